The SMILES string of the molecule is Cc1ccc(O)c(C(=O)N[C@@H](C)c2ccc(-n3ccnc3)cc2)c1. The predicted molar refractivity (Wildman–Crippen MR) is 92.3 cm³/mol. The van der Waals surface area contributed by atoms with Gasteiger partial charge in [-0.2, -0.15) is 0 Å². The number of hydrogen-bond donors (Lipinski definition) is 2. The second-order valence-corrected chi connectivity index (χ2v) is 5.78. The number of carbonyl (C=O) groups is 1. The van der Waals surface area contributed by atoms with E-state index in [1.165, 1.54) is 6.07 Å². The van der Waals surface area contributed by atoms with Crippen molar-refractivity contribution in [3.63, 3.8) is 0 Å². The molecule has 0 aliphatic carbocycles. The highest BCUT2D eigenvalue weighted by molar-refractivity contribution is 5.97. The molecule has 1 amide bonds. The standard InChI is InChI=1S/C19H19N3O2/c1-13-3-8-18(23)17(11-13)19(24)21-14(2)15-4-6-16(7-5-15)22-10-9-20-12-22/h3-12,14,23H,1-2H3,(H,21,24)/t14-/m0/s1. The van der Waals surface area contributed by atoms with E-state index in [0.717, 1.165) is 16.8 Å². The van der Waals surface area contributed by atoms with Gasteiger partial charge in [0.2, 0.25) is 0 Å². The minimum atomic E-state index is -0.289. The molecule has 1 atom stereocenters. The lowest BCUT2D eigenvalue weighted by atomic mass is 10.1. The maximum atomic E-state index is 12.4. The highest BCUT2D eigenvalue weighted by Gasteiger charge is 2.15. The molecule has 2 N–H and O–H groups in total. The number of phenols is 1. The monoisotopic (exact) mass is 321 g/mol. The molecule has 1 heterocycles. The van der Waals surface area contributed by atoms with Crippen LogP contribution in [0.25, 0.3) is 5.69 Å². The van der Waals surface area contributed by atoms with Crippen LogP contribution in [0, 0.1) is 6.92 Å². The average molecular weight is 321 g/mol. The van der Waals surface area contributed by atoms with E-state index in [1.807, 2.05) is 48.9 Å². The zero-order chi connectivity index (χ0) is 17.1. The Kier molecular flexibility index (Phi) is 4.33. The van der Waals surface area contributed by atoms with Crippen molar-refractivity contribution >= 4 is 5.91 Å². The number of nitrogens with zero attached hydrogens (tertiary/aromatic N) is 2. The lowest BCUT2D eigenvalue weighted by Gasteiger charge is -2.16. The number of benzene rings is 2. The van der Waals surface area contributed by atoms with E-state index in [1.54, 1.807) is 24.7 Å². The molecular formula is C19H19N3O2. The van der Waals surface area contributed by atoms with E-state index in [2.05, 4.69) is 10.3 Å². The number of phenolic OH excluding ortho intramolecular Hbond substituents is 1. The van der Waals surface area contributed by atoms with E-state index in [9.17, 15) is 9.90 Å². The molecular weight excluding hydrogens is 302 g/mol. The lowest BCUT2D eigenvalue weighted by molar-refractivity contribution is 0.0937. The highest BCUT2D eigenvalue weighted by Crippen LogP contribution is 2.20. The maximum Gasteiger partial charge on any atom is 0.255 e. The fourth-order valence-electron chi connectivity index (χ4n) is 2.54. The number of aryl methyl sites for hydroxylation is 1. The van der Waals surface area contributed by atoms with E-state index >= 15 is 0 Å². The van der Waals surface area contributed by atoms with Crippen LogP contribution in [0.2, 0.25) is 0 Å². The van der Waals surface area contributed by atoms with Crippen molar-refractivity contribution in [1.29, 1.82) is 0 Å². The number of aromatic nitrogens is 2. The van der Waals surface area contributed by atoms with Gasteiger partial charge in [0.25, 0.3) is 5.91 Å². The molecule has 0 saturated heterocycles. The molecule has 0 aliphatic rings. The van der Waals surface area contributed by atoms with Gasteiger partial charge in [0.1, 0.15) is 5.75 Å². The van der Waals surface area contributed by atoms with E-state index in [-0.39, 0.29) is 23.3 Å². The minimum Gasteiger partial charge on any atom is -0.507 e. The Bertz CT molecular complexity index is 840. The second kappa shape index (κ2) is 6.58. The summed E-state index contributed by atoms with van der Waals surface area (Å²) in [5.41, 5.74) is 3.21. The van der Waals surface area contributed by atoms with Gasteiger partial charge in [0.05, 0.1) is 17.9 Å². The Labute approximate surface area is 140 Å². The van der Waals surface area contributed by atoms with Crippen LogP contribution in [0.1, 0.15) is 34.5 Å². The first kappa shape index (κ1) is 15.8. The van der Waals surface area contributed by atoms with E-state index in [0.29, 0.717) is 0 Å². The van der Waals surface area contributed by atoms with Gasteiger partial charge in [-0.25, -0.2) is 4.98 Å². The van der Waals surface area contributed by atoms with Crippen LogP contribution in [0.15, 0.2) is 61.2 Å². The molecule has 3 rings (SSSR count). The van der Waals surface area contributed by atoms with E-state index in [4.69, 9.17) is 0 Å². The fraction of sp³-hybridized carbons (Fsp3) is 0.158. The molecule has 3 aromatic rings. The van der Waals surface area contributed by atoms with Gasteiger partial charge in [-0.3, -0.25) is 4.79 Å². The Morgan fingerprint density at radius 3 is 2.62 bits per heavy atom. The van der Waals surface area contributed by atoms with Gasteiger partial charge >= 0.3 is 0 Å². The molecule has 5 nitrogen and oxygen atoms in total. The number of carbonyl (C=O) groups excluding carboxylic acids is 1. The normalized spacial score (nSPS) is 11.9. The summed E-state index contributed by atoms with van der Waals surface area (Å²) >= 11 is 0. The van der Waals surface area contributed by atoms with Crippen molar-refractivity contribution in [1.82, 2.24) is 14.9 Å². The summed E-state index contributed by atoms with van der Waals surface area (Å²) in [6, 6.07) is 12.7. The predicted octanol–water partition coefficient (Wildman–Crippen LogP) is 3.38. The largest absolute Gasteiger partial charge is 0.507 e. The van der Waals surface area contributed by atoms with Gasteiger partial charge in [-0.05, 0) is 43.7 Å². The summed E-state index contributed by atoms with van der Waals surface area (Å²) < 4.78 is 1.91. The van der Waals surface area contributed by atoms with Crippen LogP contribution in [-0.4, -0.2) is 20.6 Å². The van der Waals surface area contributed by atoms with Crippen molar-refractivity contribution in [2.45, 2.75) is 19.9 Å². The Morgan fingerprint density at radius 1 is 1.21 bits per heavy atom. The third kappa shape index (κ3) is 3.30. The minimum absolute atomic E-state index is 0.0132. The summed E-state index contributed by atoms with van der Waals surface area (Å²) in [4.78, 5) is 16.4. The van der Waals surface area contributed by atoms with Gasteiger partial charge in [0.15, 0.2) is 0 Å². The number of amides is 1. The first-order valence-electron chi connectivity index (χ1n) is 7.73. The zero-order valence-corrected chi connectivity index (χ0v) is 13.6. The Hall–Kier alpha value is -3.08. The molecule has 5 heteroatoms. The van der Waals surface area contributed by atoms with Crippen LogP contribution in [0.5, 0.6) is 5.75 Å². The molecule has 0 aliphatic heterocycles. The van der Waals surface area contributed by atoms with Gasteiger partial charge < -0.3 is 15.0 Å². The lowest BCUT2D eigenvalue weighted by Crippen LogP contribution is -2.26. The van der Waals surface area contributed by atoms with Crippen LogP contribution in [0.3, 0.4) is 0 Å². The molecule has 2 aromatic carbocycles. The third-order valence-electron chi connectivity index (χ3n) is 3.94. The summed E-state index contributed by atoms with van der Waals surface area (Å²) in [6.45, 7) is 3.80. The number of rotatable bonds is 4. The summed E-state index contributed by atoms with van der Waals surface area (Å²) in [7, 11) is 0. The number of nitrogens with one attached hydrogen (secondary N) is 1. The highest BCUT2D eigenvalue weighted by atomic mass is 16.3. The average Bonchev–Trinajstić information content (AvgIpc) is 3.11. The Balaban J connectivity index is 1.73. The third-order valence-corrected chi connectivity index (χ3v) is 3.94. The fourth-order valence-corrected chi connectivity index (χ4v) is 2.54. The molecule has 0 spiro atoms. The molecule has 24 heavy (non-hydrogen) atoms. The van der Waals surface area contributed by atoms with E-state index < -0.39 is 0 Å². The summed E-state index contributed by atoms with van der Waals surface area (Å²) in [5.74, 6) is -0.303. The van der Waals surface area contributed by atoms with Crippen LogP contribution in [-0.2, 0) is 0 Å². The smallest absolute Gasteiger partial charge is 0.255 e. The first-order chi connectivity index (χ1) is 11.5. The molecule has 0 saturated carbocycles. The number of hydrogen-bond acceptors (Lipinski definition) is 3. The molecule has 0 unspecified atom stereocenters. The summed E-state index contributed by atoms with van der Waals surface area (Å²) in [5, 5.41) is 12.8. The topological polar surface area (TPSA) is 67.2 Å². The summed E-state index contributed by atoms with van der Waals surface area (Å²) in [6.07, 6.45) is 5.34. The van der Waals surface area contributed by atoms with Crippen molar-refractivity contribution in [2.24, 2.45) is 0 Å². The molecule has 1 aromatic heterocycles. The number of imidazole rings is 1. The van der Waals surface area contributed by atoms with Crippen LogP contribution < -0.4 is 5.32 Å². The number of aromatic hydroxyl groups is 1. The van der Waals surface area contributed by atoms with Crippen molar-refractivity contribution < 1.29 is 9.90 Å². The maximum absolute atomic E-state index is 12.4. The molecule has 122 valence electrons. The molecule has 0 bridgehead atoms. The second-order valence-electron chi connectivity index (χ2n) is 5.78. The van der Waals surface area contributed by atoms with Crippen molar-refractivity contribution in [2.75, 3.05) is 0 Å². The van der Waals surface area contributed by atoms with Gasteiger partial charge in [-0.15, -0.1) is 0 Å². The van der Waals surface area contributed by atoms with Crippen LogP contribution in [0.4, 0.5) is 0 Å². The van der Waals surface area contributed by atoms with Crippen LogP contribution >= 0.6 is 0 Å². The van der Waals surface area contributed by atoms with Crippen molar-refractivity contribution in [3.05, 3.63) is 77.9 Å². The molecule has 0 fully saturated rings. The molecule has 0 radical (unpaired) electrons. The van der Waals surface area contributed by atoms with Crippen molar-refractivity contribution in [3.8, 4) is 11.4 Å². The first-order valence-corrected chi connectivity index (χ1v) is 7.73. The van der Waals surface area contributed by atoms with Gasteiger partial charge in [-0.1, -0.05) is 23.8 Å². The Morgan fingerprint density at radius 2 is 1.96 bits per heavy atom. The zero-order valence-electron chi connectivity index (χ0n) is 13.6. The quantitative estimate of drug-likeness (QED) is 0.774. The van der Waals surface area contributed by atoms with Gasteiger partial charge in [0, 0.05) is 18.1 Å².